The number of aryl methyl sites for hydroxylation is 1. The van der Waals surface area contributed by atoms with Crippen LogP contribution in [0.25, 0.3) is 5.65 Å². The number of benzene rings is 1. The topological polar surface area (TPSA) is 75.9 Å². The number of fused-ring (bicyclic) bond motifs is 1. The summed E-state index contributed by atoms with van der Waals surface area (Å²) in [6.45, 7) is 1.45. The van der Waals surface area contributed by atoms with Gasteiger partial charge in [0.1, 0.15) is 5.82 Å². The normalized spacial score (nSPS) is 10.8. The van der Waals surface area contributed by atoms with Crippen LogP contribution in [-0.4, -0.2) is 21.6 Å². The molecule has 0 aliphatic carbocycles. The highest BCUT2D eigenvalue weighted by Crippen LogP contribution is 2.24. The molecule has 2 N–H and O–H groups in total. The Balaban J connectivity index is 2.19. The molecule has 24 heavy (non-hydrogen) atoms. The summed E-state index contributed by atoms with van der Waals surface area (Å²) in [4.78, 5) is 17.1. The van der Waals surface area contributed by atoms with Crippen molar-refractivity contribution >= 4 is 28.8 Å². The summed E-state index contributed by atoms with van der Waals surface area (Å²) in [6.07, 6.45) is 1.59. The Morgan fingerprint density at radius 3 is 2.83 bits per heavy atom. The van der Waals surface area contributed by atoms with Crippen molar-refractivity contribution < 1.29 is 9.84 Å². The average Bonchev–Trinajstić information content (AvgIpc) is 2.58. The van der Waals surface area contributed by atoms with E-state index in [1.54, 1.807) is 30.5 Å². The molecule has 0 unspecified atom stereocenters. The number of hydrogen-bond donors (Lipinski definition) is 2. The number of anilines is 2. The number of pyridine rings is 1. The van der Waals surface area contributed by atoms with Crippen LogP contribution in [0.3, 0.4) is 0 Å². The number of aromatic nitrogens is 2. The largest absolute Gasteiger partial charge is 0.493 e. The van der Waals surface area contributed by atoms with Gasteiger partial charge in [0.2, 0.25) is 0 Å². The van der Waals surface area contributed by atoms with Gasteiger partial charge in [-0.05, 0) is 42.8 Å². The van der Waals surface area contributed by atoms with Crippen molar-refractivity contribution in [3.05, 3.63) is 63.0 Å². The Hall–Kier alpha value is -2.57. The predicted octanol–water partition coefficient (Wildman–Crippen LogP) is 2.90. The zero-order valence-electron chi connectivity index (χ0n) is 13.2. The van der Waals surface area contributed by atoms with Crippen molar-refractivity contribution in [1.29, 1.82) is 0 Å². The van der Waals surface area contributed by atoms with Crippen LogP contribution in [0, 0.1) is 6.92 Å². The fourth-order valence-corrected chi connectivity index (χ4v) is 2.56. The molecule has 3 rings (SSSR count). The molecule has 0 saturated heterocycles. The third-order valence-electron chi connectivity index (χ3n) is 3.71. The van der Waals surface area contributed by atoms with E-state index in [4.69, 9.17) is 16.3 Å². The lowest BCUT2D eigenvalue weighted by atomic mass is 10.2. The van der Waals surface area contributed by atoms with Gasteiger partial charge >= 0.3 is 0 Å². The molecule has 0 atom stereocenters. The van der Waals surface area contributed by atoms with Crippen LogP contribution in [0.1, 0.15) is 11.1 Å². The highest BCUT2D eigenvalue weighted by atomic mass is 35.5. The molecule has 0 aliphatic rings. The van der Waals surface area contributed by atoms with Crippen LogP contribution in [0.15, 0.2) is 41.3 Å². The van der Waals surface area contributed by atoms with Crippen LogP contribution in [0.2, 0.25) is 5.02 Å². The fraction of sp³-hybridized carbons (Fsp3) is 0.176. The minimum absolute atomic E-state index is 0.174. The van der Waals surface area contributed by atoms with Gasteiger partial charge in [-0.1, -0.05) is 11.6 Å². The van der Waals surface area contributed by atoms with Crippen molar-refractivity contribution in [3.8, 4) is 5.75 Å². The van der Waals surface area contributed by atoms with Crippen LogP contribution in [-0.2, 0) is 6.61 Å². The lowest BCUT2D eigenvalue weighted by Crippen LogP contribution is -2.22. The zero-order chi connectivity index (χ0) is 17.3. The van der Waals surface area contributed by atoms with E-state index in [0.717, 1.165) is 11.3 Å². The third-order valence-corrected chi connectivity index (χ3v) is 4.13. The molecular weight excluding hydrogens is 330 g/mol. The van der Waals surface area contributed by atoms with E-state index in [2.05, 4.69) is 10.3 Å². The molecule has 2 aromatic heterocycles. The minimum atomic E-state index is -0.430. The van der Waals surface area contributed by atoms with Gasteiger partial charge in [0.25, 0.3) is 5.56 Å². The summed E-state index contributed by atoms with van der Waals surface area (Å²) < 4.78 is 6.62. The van der Waals surface area contributed by atoms with Crippen molar-refractivity contribution in [2.45, 2.75) is 13.5 Å². The molecule has 7 heteroatoms. The quantitative estimate of drug-likeness (QED) is 0.760. The van der Waals surface area contributed by atoms with E-state index in [1.165, 1.54) is 11.5 Å². The van der Waals surface area contributed by atoms with E-state index in [0.29, 0.717) is 16.4 Å². The van der Waals surface area contributed by atoms with Gasteiger partial charge in [0, 0.05) is 16.9 Å². The number of rotatable bonds is 4. The first kappa shape index (κ1) is 16.3. The molecule has 0 saturated carbocycles. The second-order valence-electron chi connectivity index (χ2n) is 5.26. The van der Waals surface area contributed by atoms with Crippen molar-refractivity contribution in [1.82, 2.24) is 9.38 Å². The van der Waals surface area contributed by atoms with Crippen LogP contribution in [0.5, 0.6) is 5.75 Å². The Morgan fingerprint density at radius 2 is 2.17 bits per heavy atom. The minimum Gasteiger partial charge on any atom is -0.493 e. The number of aliphatic hydroxyl groups excluding tert-OH is 1. The molecule has 0 fully saturated rings. The molecule has 6 nitrogen and oxygen atoms in total. The van der Waals surface area contributed by atoms with Gasteiger partial charge in [-0.2, -0.15) is 0 Å². The van der Waals surface area contributed by atoms with E-state index < -0.39 is 6.61 Å². The first-order chi connectivity index (χ1) is 11.5. The number of hydrogen-bond acceptors (Lipinski definition) is 5. The number of halogens is 1. The maximum absolute atomic E-state index is 12.6. The van der Waals surface area contributed by atoms with Crippen molar-refractivity contribution in [3.63, 3.8) is 0 Å². The Kier molecular flexibility index (Phi) is 4.42. The number of ether oxygens (including phenoxy) is 1. The van der Waals surface area contributed by atoms with Crippen LogP contribution in [0.4, 0.5) is 11.5 Å². The lowest BCUT2D eigenvalue weighted by Gasteiger charge is -2.13. The van der Waals surface area contributed by atoms with Crippen molar-refractivity contribution in [2.24, 2.45) is 0 Å². The molecule has 1 aromatic carbocycles. The molecule has 3 aromatic rings. The summed E-state index contributed by atoms with van der Waals surface area (Å²) in [7, 11) is 1.51. The Morgan fingerprint density at radius 1 is 1.38 bits per heavy atom. The maximum Gasteiger partial charge on any atom is 0.265 e. The van der Waals surface area contributed by atoms with Crippen LogP contribution >= 0.6 is 11.6 Å². The predicted molar refractivity (Wildman–Crippen MR) is 93.4 cm³/mol. The summed E-state index contributed by atoms with van der Waals surface area (Å²) in [5.74, 6) is 0.753. The summed E-state index contributed by atoms with van der Waals surface area (Å²) in [5.41, 5.74) is 1.80. The zero-order valence-corrected chi connectivity index (χ0v) is 14.0. The van der Waals surface area contributed by atoms with E-state index in [-0.39, 0.29) is 16.9 Å². The number of methoxy groups -OCH3 is 1. The Bertz CT molecular complexity index is 969. The number of aliphatic hydroxyl groups is 1. The molecule has 124 valence electrons. The third kappa shape index (κ3) is 2.81. The summed E-state index contributed by atoms with van der Waals surface area (Å²) in [6, 6.07) is 8.78. The van der Waals surface area contributed by atoms with Gasteiger partial charge in [0.05, 0.1) is 19.3 Å². The van der Waals surface area contributed by atoms with Gasteiger partial charge in [-0.25, -0.2) is 4.98 Å². The maximum atomic E-state index is 12.6. The SMILES string of the molecule is COc1cccn2c(=O)c(CO)c(Nc3ccc(Cl)c(C)c3)nc12. The second kappa shape index (κ2) is 6.51. The highest BCUT2D eigenvalue weighted by molar-refractivity contribution is 6.31. The molecule has 0 radical (unpaired) electrons. The number of nitrogens with one attached hydrogen (secondary N) is 1. The van der Waals surface area contributed by atoms with Crippen molar-refractivity contribution in [2.75, 3.05) is 12.4 Å². The van der Waals surface area contributed by atoms with Gasteiger partial charge in [-0.3, -0.25) is 9.20 Å². The van der Waals surface area contributed by atoms with E-state index in [9.17, 15) is 9.90 Å². The first-order valence-corrected chi connectivity index (χ1v) is 7.65. The Labute approximate surface area is 143 Å². The molecule has 0 aliphatic heterocycles. The molecule has 0 bridgehead atoms. The lowest BCUT2D eigenvalue weighted by molar-refractivity contribution is 0.280. The van der Waals surface area contributed by atoms with Gasteiger partial charge < -0.3 is 15.2 Å². The molecular formula is C17H16ClN3O3. The van der Waals surface area contributed by atoms with Crippen LogP contribution < -0.4 is 15.6 Å². The summed E-state index contributed by atoms with van der Waals surface area (Å²) in [5, 5.41) is 13.3. The molecule has 0 amide bonds. The monoisotopic (exact) mass is 345 g/mol. The second-order valence-corrected chi connectivity index (χ2v) is 5.67. The molecule has 0 spiro atoms. The standard InChI is InChI=1S/C17H16ClN3O3/c1-10-8-11(5-6-13(10)18)19-15-12(9-22)17(23)21-7-3-4-14(24-2)16(21)20-15/h3-8,19,22H,9H2,1-2H3. The highest BCUT2D eigenvalue weighted by Gasteiger charge is 2.15. The van der Waals surface area contributed by atoms with E-state index in [1.807, 2.05) is 13.0 Å². The van der Waals surface area contributed by atoms with Gasteiger partial charge in [-0.15, -0.1) is 0 Å². The summed E-state index contributed by atoms with van der Waals surface area (Å²) >= 11 is 6.03. The molecule has 2 heterocycles. The fourth-order valence-electron chi connectivity index (χ4n) is 2.44. The smallest absolute Gasteiger partial charge is 0.265 e. The first-order valence-electron chi connectivity index (χ1n) is 7.27. The van der Waals surface area contributed by atoms with E-state index >= 15 is 0 Å². The number of nitrogens with zero attached hydrogens (tertiary/aromatic N) is 2. The van der Waals surface area contributed by atoms with Gasteiger partial charge in [0.15, 0.2) is 11.4 Å². The average molecular weight is 346 g/mol.